The average Bonchev–Trinajstić information content (AvgIpc) is 3.17. The maximum absolute atomic E-state index is 6.36. The Morgan fingerprint density at radius 2 is 1.14 bits per heavy atom. The molecule has 0 atom stereocenters. The number of hydrogen-bond acceptors (Lipinski definition) is 4. The van der Waals surface area contributed by atoms with E-state index in [4.69, 9.17) is 19.3 Å². The van der Waals surface area contributed by atoms with Gasteiger partial charge in [-0.2, -0.15) is 0 Å². The van der Waals surface area contributed by atoms with Gasteiger partial charge in [-0.1, -0.05) is 102 Å². The molecule has 0 radical (unpaired) electrons. The molecule has 0 amide bonds. The fourth-order valence-corrected chi connectivity index (χ4v) is 5.62. The summed E-state index contributed by atoms with van der Waals surface area (Å²) in [4.78, 5) is 10.4. The van der Waals surface area contributed by atoms with Gasteiger partial charge in [0.25, 0.3) is 0 Å². The molecule has 0 aliphatic carbocycles. The van der Waals surface area contributed by atoms with Gasteiger partial charge in [-0.25, -0.2) is 9.97 Å². The number of benzene rings is 3. The summed E-state index contributed by atoms with van der Waals surface area (Å²) in [5.41, 5.74) is 8.73. The van der Waals surface area contributed by atoms with Crippen LogP contribution in [0.25, 0.3) is 44.1 Å². The van der Waals surface area contributed by atoms with Crippen LogP contribution in [0, 0.1) is 0 Å². The van der Waals surface area contributed by atoms with Crippen LogP contribution in [0.2, 0.25) is 0 Å². The third-order valence-electron chi connectivity index (χ3n) is 9.09. The maximum Gasteiger partial charge on any atom is 0.494 e. The lowest BCUT2D eigenvalue weighted by Gasteiger charge is -2.32. The molecule has 0 spiro atoms. The molecule has 5 heteroatoms. The van der Waals surface area contributed by atoms with Crippen LogP contribution in [0.4, 0.5) is 0 Å². The summed E-state index contributed by atoms with van der Waals surface area (Å²) in [6, 6.07) is 28.3. The van der Waals surface area contributed by atoms with Crippen LogP contribution in [0.15, 0.2) is 78.9 Å². The van der Waals surface area contributed by atoms with E-state index in [1.165, 1.54) is 5.56 Å². The van der Waals surface area contributed by atoms with Crippen molar-refractivity contribution in [3.8, 4) is 22.3 Å². The quantitative estimate of drug-likeness (QED) is 0.160. The second-order valence-electron chi connectivity index (χ2n) is 15.1. The highest BCUT2D eigenvalue weighted by molar-refractivity contribution is 6.62. The predicted molar refractivity (Wildman–Crippen MR) is 181 cm³/mol. The van der Waals surface area contributed by atoms with Gasteiger partial charge >= 0.3 is 7.12 Å². The molecule has 4 nitrogen and oxygen atoms in total. The van der Waals surface area contributed by atoms with Crippen molar-refractivity contribution in [1.29, 1.82) is 0 Å². The van der Waals surface area contributed by atoms with E-state index < -0.39 is 7.12 Å². The van der Waals surface area contributed by atoms with Crippen LogP contribution < -0.4 is 5.46 Å². The Balaban J connectivity index is 1.49. The van der Waals surface area contributed by atoms with Gasteiger partial charge < -0.3 is 9.31 Å². The zero-order valence-electron chi connectivity index (χ0n) is 27.3. The Hall–Kier alpha value is -3.54. The zero-order valence-corrected chi connectivity index (χ0v) is 27.3. The van der Waals surface area contributed by atoms with Gasteiger partial charge in [0.05, 0.1) is 22.2 Å². The normalized spacial score (nSPS) is 16.7. The molecule has 0 saturated carbocycles. The van der Waals surface area contributed by atoms with E-state index in [0.717, 1.165) is 55.3 Å². The van der Waals surface area contributed by atoms with Crippen molar-refractivity contribution in [2.75, 3.05) is 0 Å². The van der Waals surface area contributed by atoms with Crippen molar-refractivity contribution in [2.45, 2.75) is 91.3 Å². The van der Waals surface area contributed by atoms with E-state index in [9.17, 15) is 0 Å². The molecule has 43 heavy (non-hydrogen) atoms. The minimum atomic E-state index is -0.398. The number of aromatic nitrogens is 2. The molecule has 3 aromatic carbocycles. The molecule has 220 valence electrons. The van der Waals surface area contributed by atoms with Crippen LogP contribution >= 0.6 is 0 Å². The van der Waals surface area contributed by atoms with Crippen LogP contribution in [0.3, 0.4) is 0 Å². The summed E-state index contributed by atoms with van der Waals surface area (Å²) in [6.07, 6.45) is 0. The topological polar surface area (TPSA) is 44.2 Å². The van der Waals surface area contributed by atoms with Gasteiger partial charge in [-0.05, 0) is 73.6 Å². The fourth-order valence-electron chi connectivity index (χ4n) is 5.62. The van der Waals surface area contributed by atoms with E-state index in [0.29, 0.717) is 0 Å². The van der Waals surface area contributed by atoms with Gasteiger partial charge in [0.15, 0.2) is 0 Å². The summed E-state index contributed by atoms with van der Waals surface area (Å²) >= 11 is 0. The Bertz CT molecular complexity index is 1840. The van der Waals surface area contributed by atoms with E-state index in [1.54, 1.807) is 0 Å². The van der Waals surface area contributed by atoms with Gasteiger partial charge in [0, 0.05) is 33.0 Å². The number of nitrogens with zero attached hydrogens (tertiary/aromatic N) is 2. The highest BCUT2D eigenvalue weighted by Gasteiger charge is 2.51. The lowest BCUT2D eigenvalue weighted by Crippen LogP contribution is -2.41. The molecule has 0 unspecified atom stereocenters. The second kappa shape index (κ2) is 10.0. The SMILES string of the molecule is CC(C)(C)c1ccc2ccc3c(-c4cccc(-c5cccc(B6OC(C)(C)C(C)(C)O6)c5)c4)cc(C(C)(C)C)nc3c2n1. The van der Waals surface area contributed by atoms with Crippen molar-refractivity contribution in [3.05, 3.63) is 90.3 Å². The third-order valence-corrected chi connectivity index (χ3v) is 9.09. The predicted octanol–water partition coefficient (Wildman–Crippen LogP) is 9.01. The van der Waals surface area contributed by atoms with Crippen LogP contribution in [-0.4, -0.2) is 28.3 Å². The Morgan fingerprint density at radius 1 is 0.581 bits per heavy atom. The molecular weight excluding hydrogens is 527 g/mol. The lowest BCUT2D eigenvalue weighted by atomic mass is 9.78. The summed E-state index contributed by atoms with van der Waals surface area (Å²) in [5, 5.41) is 2.22. The summed E-state index contributed by atoms with van der Waals surface area (Å²) in [6.45, 7) is 21.7. The zero-order chi connectivity index (χ0) is 30.9. The molecule has 3 heterocycles. The average molecular weight is 571 g/mol. The first kappa shape index (κ1) is 29.5. The van der Waals surface area contributed by atoms with Crippen LogP contribution in [0.1, 0.15) is 80.6 Å². The van der Waals surface area contributed by atoms with Crippen molar-refractivity contribution in [2.24, 2.45) is 0 Å². The molecule has 0 bridgehead atoms. The molecule has 1 saturated heterocycles. The number of rotatable bonds is 3. The molecule has 2 aromatic heterocycles. The van der Waals surface area contributed by atoms with Gasteiger partial charge in [0.1, 0.15) is 0 Å². The van der Waals surface area contributed by atoms with Crippen LogP contribution in [-0.2, 0) is 20.1 Å². The van der Waals surface area contributed by atoms with Crippen molar-refractivity contribution >= 4 is 34.4 Å². The molecule has 5 aromatic rings. The summed E-state index contributed by atoms with van der Waals surface area (Å²) in [7, 11) is -0.398. The van der Waals surface area contributed by atoms with Gasteiger partial charge in [-0.3, -0.25) is 0 Å². The first-order chi connectivity index (χ1) is 20.0. The molecular formula is C38H43BN2O2. The Morgan fingerprint density at radius 3 is 1.79 bits per heavy atom. The fraction of sp³-hybridized carbons (Fsp3) is 0.368. The maximum atomic E-state index is 6.36. The molecule has 6 rings (SSSR count). The van der Waals surface area contributed by atoms with E-state index >= 15 is 0 Å². The van der Waals surface area contributed by atoms with Gasteiger partial charge in [-0.15, -0.1) is 0 Å². The number of hydrogen-bond donors (Lipinski definition) is 0. The minimum Gasteiger partial charge on any atom is -0.399 e. The summed E-state index contributed by atoms with van der Waals surface area (Å²) in [5.74, 6) is 0. The number of pyridine rings is 2. The molecule has 1 aliphatic rings. The van der Waals surface area contributed by atoms with E-state index in [1.807, 2.05) is 0 Å². The summed E-state index contributed by atoms with van der Waals surface area (Å²) < 4.78 is 12.7. The van der Waals surface area contributed by atoms with E-state index in [2.05, 4.69) is 148 Å². The first-order valence-corrected chi connectivity index (χ1v) is 15.4. The van der Waals surface area contributed by atoms with Crippen LogP contribution in [0.5, 0.6) is 0 Å². The smallest absolute Gasteiger partial charge is 0.399 e. The Labute approximate surface area is 257 Å². The highest BCUT2D eigenvalue weighted by atomic mass is 16.7. The minimum absolute atomic E-state index is 0.0518. The van der Waals surface area contributed by atoms with Gasteiger partial charge in [0.2, 0.25) is 0 Å². The highest BCUT2D eigenvalue weighted by Crippen LogP contribution is 2.39. The van der Waals surface area contributed by atoms with Crippen molar-refractivity contribution < 1.29 is 9.31 Å². The lowest BCUT2D eigenvalue weighted by molar-refractivity contribution is 0.00578. The second-order valence-corrected chi connectivity index (χ2v) is 15.1. The van der Waals surface area contributed by atoms with Crippen molar-refractivity contribution in [3.63, 3.8) is 0 Å². The molecule has 1 fully saturated rings. The van der Waals surface area contributed by atoms with E-state index in [-0.39, 0.29) is 22.0 Å². The third kappa shape index (κ3) is 5.38. The monoisotopic (exact) mass is 570 g/mol. The largest absolute Gasteiger partial charge is 0.494 e. The standard InChI is InChI=1S/C38H43BN2O2/c1-35(2,3)31-20-18-24-17-19-29-30(23-32(36(4,5)6)41-34(29)33(24)40-31)27-15-11-13-25(21-27)26-14-12-16-28(22-26)39-42-37(7,8)38(9,10)43-39/h11-23H,1-10H3. The Kier molecular flexibility index (Phi) is 6.87. The molecule has 1 aliphatic heterocycles. The first-order valence-electron chi connectivity index (χ1n) is 15.4. The molecule has 0 N–H and O–H groups in total. The van der Waals surface area contributed by atoms with Crippen molar-refractivity contribution in [1.82, 2.24) is 9.97 Å². The number of fused-ring (bicyclic) bond motifs is 3.